The number of likely N-dealkylation sites (tertiary alicyclic amines) is 1. The molecule has 1 saturated heterocycles. The molecule has 3 aromatic rings. The molecule has 0 amide bonds. The molecule has 0 saturated carbocycles. The second kappa shape index (κ2) is 7.98. The number of benzene rings is 1. The van der Waals surface area contributed by atoms with E-state index in [0.717, 1.165) is 73.9 Å². The van der Waals surface area contributed by atoms with Gasteiger partial charge in [0.2, 0.25) is 5.89 Å². The van der Waals surface area contributed by atoms with E-state index in [9.17, 15) is 0 Å². The number of nitrogens with zero attached hydrogens (tertiary/aromatic N) is 4. The molecule has 1 aliphatic rings. The SMILES string of the molecule is CCCCc1noc(C(C)N2CCC(c3nc4cc(Cl)ccc4o3)CC2)n1. The average Bonchev–Trinajstić information content (AvgIpc) is 3.32. The lowest BCUT2D eigenvalue weighted by Crippen LogP contribution is -2.35. The summed E-state index contributed by atoms with van der Waals surface area (Å²) in [6.07, 6.45) is 5.11. The third kappa shape index (κ3) is 4.01. The molecule has 1 aliphatic heterocycles. The van der Waals surface area contributed by atoms with E-state index < -0.39 is 0 Å². The first-order valence-corrected chi connectivity index (χ1v) is 10.1. The minimum Gasteiger partial charge on any atom is -0.440 e. The van der Waals surface area contributed by atoms with Gasteiger partial charge in [0.25, 0.3) is 0 Å². The van der Waals surface area contributed by atoms with Gasteiger partial charge in [-0.25, -0.2) is 4.98 Å². The van der Waals surface area contributed by atoms with Crippen LogP contribution in [0, 0.1) is 0 Å². The summed E-state index contributed by atoms with van der Waals surface area (Å²) in [4.78, 5) is 11.6. The minimum atomic E-state index is 0.135. The summed E-state index contributed by atoms with van der Waals surface area (Å²) in [6.45, 7) is 6.22. The Hall–Kier alpha value is -1.92. The number of aromatic nitrogens is 3. The van der Waals surface area contributed by atoms with E-state index in [0.29, 0.717) is 10.9 Å². The summed E-state index contributed by atoms with van der Waals surface area (Å²) in [5.41, 5.74) is 1.63. The summed E-state index contributed by atoms with van der Waals surface area (Å²) in [5, 5.41) is 4.80. The Morgan fingerprint density at radius 1 is 1.26 bits per heavy atom. The van der Waals surface area contributed by atoms with Crippen LogP contribution in [0.15, 0.2) is 27.1 Å². The van der Waals surface area contributed by atoms with Crippen LogP contribution in [0.1, 0.15) is 69.1 Å². The molecule has 1 fully saturated rings. The highest BCUT2D eigenvalue weighted by molar-refractivity contribution is 6.31. The van der Waals surface area contributed by atoms with Gasteiger partial charge in [0, 0.05) is 17.4 Å². The molecule has 1 atom stereocenters. The van der Waals surface area contributed by atoms with Crippen molar-refractivity contribution < 1.29 is 8.94 Å². The molecule has 7 heteroatoms. The zero-order valence-corrected chi connectivity index (χ0v) is 16.6. The van der Waals surface area contributed by atoms with Crippen molar-refractivity contribution in [1.29, 1.82) is 0 Å². The Labute approximate surface area is 163 Å². The Kier molecular flexibility index (Phi) is 5.45. The number of piperidine rings is 1. The van der Waals surface area contributed by atoms with Gasteiger partial charge in [-0.3, -0.25) is 4.90 Å². The second-order valence-electron chi connectivity index (χ2n) is 7.30. The number of fused-ring (bicyclic) bond motifs is 1. The predicted molar refractivity (Wildman–Crippen MR) is 104 cm³/mol. The molecule has 4 rings (SSSR count). The molecular weight excluding hydrogens is 364 g/mol. The fourth-order valence-electron chi connectivity index (χ4n) is 3.66. The largest absolute Gasteiger partial charge is 0.440 e. The maximum Gasteiger partial charge on any atom is 0.243 e. The van der Waals surface area contributed by atoms with Crippen LogP contribution >= 0.6 is 11.6 Å². The van der Waals surface area contributed by atoms with Crippen LogP contribution in [0.25, 0.3) is 11.1 Å². The molecule has 0 spiro atoms. The molecule has 3 heterocycles. The Morgan fingerprint density at radius 2 is 2.07 bits per heavy atom. The van der Waals surface area contributed by atoms with E-state index in [1.807, 2.05) is 18.2 Å². The molecule has 6 nitrogen and oxygen atoms in total. The quantitative estimate of drug-likeness (QED) is 0.581. The third-order valence-corrected chi connectivity index (χ3v) is 5.62. The summed E-state index contributed by atoms with van der Waals surface area (Å²) in [6, 6.07) is 5.71. The summed E-state index contributed by atoms with van der Waals surface area (Å²) in [5.74, 6) is 2.69. The van der Waals surface area contributed by atoms with Crippen LogP contribution in [0.2, 0.25) is 5.02 Å². The van der Waals surface area contributed by atoms with Crippen molar-refractivity contribution in [3.8, 4) is 0 Å². The van der Waals surface area contributed by atoms with E-state index in [1.165, 1.54) is 0 Å². The molecular formula is C20H25ClN4O2. The Morgan fingerprint density at radius 3 is 2.85 bits per heavy atom. The van der Waals surface area contributed by atoms with E-state index in [1.54, 1.807) is 0 Å². The maximum atomic E-state index is 6.05. The van der Waals surface area contributed by atoms with E-state index >= 15 is 0 Å². The van der Waals surface area contributed by atoms with Gasteiger partial charge >= 0.3 is 0 Å². The van der Waals surface area contributed by atoms with Crippen LogP contribution in [-0.4, -0.2) is 33.1 Å². The molecule has 27 heavy (non-hydrogen) atoms. The minimum absolute atomic E-state index is 0.135. The average molecular weight is 389 g/mol. The Bertz CT molecular complexity index is 898. The van der Waals surface area contributed by atoms with Crippen molar-refractivity contribution in [1.82, 2.24) is 20.0 Å². The van der Waals surface area contributed by atoms with Gasteiger partial charge in [-0.15, -0.1) is 0 Å². The van der Waals surface area contributed by atoms with Crippen LogP contribution < -0.4 is 0 Å². The normalized spacial score (nSPS) is 17.6. The van der Waals surface area contributed by atoms with Crippen molar-refractivity contribution in [3.63, 3.8) is 0 Å². The smallest absolute Gasteiger partial charge is 0.243 e. The lowest BCUT2D eigenvalue weighted by molar-refractivity contribution is 0.131. The van der Waals surface area contributed by atoms with Crippen molar-refractivity contribution >= 4 is 22.7 Å². The van der Waals surface area contributed by atoms with Crippen molar-refractivity contribution in [2.24, 2.45) is 0 Å². The van der Waals surface area contributed by atoms with Crippen LogP contribution in [-0.2, 0) is 6.42 Å². The van der Waals surface area contributed by atoms with Crippen molar-refractivity contribution in [2.45, 2.75) is 57.9 Å². The highest BCUT2D eigenvalue weighted by Gasteiger charge is 2.29. The standard InChI is InChI=1S/C20H25ClN4O2/c1-3-4-5-18-23-19(27-24-18)13(2)25-10-8-14(9-11-25)20-22-16-12-15(21)6-7-17(16)26-20/h6-7,12-14H,3-5,8-11H2,1-2H3. The van der Waals surface area contributed by atoms with Gasteiger partial charge in [0.1, 0.15) is 5.52 Å². The molecule has 2 aromatic heterocycles. The second-order valence-corrected chi connectivity index (χ2v) is 7.74. The zero-order valence-electron chi connectivity index (χ0n) is 15.8. The van der Waals surface area contributed by atoms with Gasteiger partial charge in [-0.05, 0) is 57.5 Å². The van der Waals surface area contributed by atoms with Gasteiger partial charge in [-0.1, -0.05) is 30.1 Å². The van der Waals surface area contributed by atoms with Crippen molar-refractivity contribution in [3.05, 3.63) is 40.8 Å². The first-order chi connectivity index (χ1) is 13.1. The number of oxazole rings is 1. The zero-order chi connectivity index (χ0) is 18.8. The molecule has 1 unspecified atom stereocenters. The number of hydrogen-bond acceptors (Lipinski definition) is 6. The predicted octanol–water partition coefficient (Wildman–Crippen LogP) is 5.15. The van der Waals surface area contributed by atoms with E-state index in [4.69, 9.17) is 20.5 Å². The van der Waals surface area contributed by atoms with Crippen molar-refractivity contribution in [2.75, 3.05) is 13.1 Å². The number of hydrogen-bond donors (Lipinski definition) is 0. The summed E-state index contributed by atoms with van der Waals surface area (Å²) >= 11 is 6.05. The van der Waals surface area contributed by atoms with Gasteiger partial charge < -0.3 is 8.94 Å². The molecule has 144 valence electrons. The van der Waals surface area contributed by atoms with Crippen LogP contribution in [0.3, 0.4) is 0 Å². The first kappa shape index (κ1) is 18.4. The lowest BCUT2D eigenvalue weighted by Gasteiger charge is -2.33. The third-order valence-electron chi connectivity index (χ3n) is 5.39. The van der Waals surface area contributed by atoms with Gasteiger partial charge in [-0.2, -0.15) is 4.98 Å². The summed E-state index contributed by atoms with van der Waals surface area (Å²) in [7, 11) is 0. The van der Waals surface area contributed by atoms with Gasteiger partial charge in [0.15, 0.2) is 17.3 Å². The number of unbranched alkanes of at least 4 members (excludes halogenated alkanes) is 1. The highest BCUT2D eigenvalue weighted by atomic mass is 35.5. The fourth-order valence-corrected chi connectivity index (χ4v) is 3.82. The number of aryl methyl sites for hydroxylation is 1. The molecule has 0 N–H and O–H groups in total. The molecule has 1 aromatic carbocycles. The van der Waals surface area contributed by atoms with Crippen LogP contribution in [0.4, 0.5) is 0 Å². The molecule has 0 bridgehead atoms. The lowest BCUT2D eigenvalue weighted by atomic mass is 9.96. The molecule has 0 aliphatic carbocycles. The maximum absolute atomic E-state index is 6.05. The molecule has 0 radical (unpaired) electrons. The van der Waals surface area contributed by atoms with E-state index in [-0.39, 0.29) is 6.04 Å². The van der Waals surface area contributed by atoms with E-state index in [2.05, 4.69) is 33.9 Å². The summed E-state index contributed by atoms with van der Waals surface area (Å²) < 4.78 is 11.4. The van der Waals surface area contributed by atoms with Crippen LogP contribution in [0.5, 0.6) is 0 Å². The highest BCUT2D eigenvalue weighted by Crippen LogP contribution is 2.33. The first-order valence-electron chi connectivity index (χ1n) is 9.76. The number of halogens is 1. The topological polar surface area (TPSA) is 68.2 Å². The van der Waals surface area contributed by atoms with Gasteiger partial charge in [0.05, 0.1) is 6.04 Å². The monoisotopic (exact) mass is 388 g/mol. The fraction of sp³-hybridized carbons (Fsp3) is 0.550. The number of rotatable bonds is 6. The Balaban J connectivity index is 1.38.